The summed E-state index contributed by atoms with van der Waals surface area (Å²) in [6, 6.07) is 10.9. The van der Waals surface area contributed by atoms with E-state index in [4.69, 9.17) is 5.73 Å². The Morgan fingerprint density at radius 1 is 1.05 bits per heavy atom. The molecular formula is C13H11N5O. The van der Waals surface area contributed by atoms with Gasteiger partial charge in [-0.25, -0.2) is 14.6 Å². The number of aromatic amines is 1. The van der Waals surface area contributed by atoms with Crippen molar-refractivity contribution < 1.29 is 0 Å². The molecule has 0 aliphatic rings. The molecule has 19 heavy (non-hydrogen) atoms. The highest BCUT2D eigenvalue weighted by Crippen LogP contribution is 2.22. The second-order valence-corrected chi connectivity index (χ2v) is 3.95. The smallest absolute Gasteiger partial charge is 0.274 e. The maximum atomic E-state index is 12.0. The number of nitrogen functional groups attached to an aromatic ring is 1. The van der Waals surface area contributed by atoms with E-state index in [-0.39, 0.29) is 5.56 Å². The zero-order valence-electron chi connectivity index (χ0n) is 9.95. The van der Waals surface area contributed by atoms with Crippen molar-refractivity contribution in [3.8, 4) is 17.1 Å². The molecule has 0 bridgehead atoms. The van der Waals surface area contributed by atoms with Crippen LogP contribution in [0, 0.1) is 0 Å². The highest BCUT2D eigenvalue weighted by molar-refractivity contribution is 5.74. The molecule has 1 aromatic carbocycles. The molecule has 0 spiro atoms. The lowest BCUT2D eigenvalue weighted by Gasteiger charge is -2.03. The molecule has 0 atom stereocenters. The fourth-order valence-electron chi connectivity index (χ4n) is 1.89. The first-order valence-electron chi connectivity index (χ1n) is 5.70. The van der Waals surface area contributed by atoms with Crippen LogP contribution in [0.4, 0.5) is 5.82 Å². The Morgan fingerprint density at radius 2 is 1.74 bits per heavy atom. The summed E-state index contributed by atoms with van der Waals surface area (Å²) < 4.78 is 1.38. The first-order chi connectivity index (χ1) is 9.27. The number of rotatable bonds is 2. The van der Waals surface area contributed by atoms with E-state index in [9.17, 15) is 4.79 Å². The number of H-pyrrole nitrogens is 1. The number of hydrogen-bond donors (Lipinski definition) is 2. The van der Waals surface area contributed by atoms with E-state index in [2.05, 4.69) is 15.1 Å². The van der Waals surface area contributed by atoms with E-state index >= 15 is 0 Å². The van der Waals surface area contributed by atoms with Gasteiger partial charge in [0.2, 0.25) is 0 Å². The molecule has 0 radical (unpaired) electrons. The summed E-state index contributed by atoms with van der Waals surface area (Å²) in [6.07, 6.45) is 3.17. The Hall–Kier alpha value is -2.89. The van der Waals surface area contributed by atoms with E-state index in [0.29, 0.717) is 17.3 Å². The third-order valence-corrected chi connectivity index (χ3v) is 2.75. The van der Waals surface area contributed by atoms with Gasteiger partial charge in [-0.3, -0.25) is 9.89 Å². The largest absolute Gasteiger partial charge is 0.383 e. The van der Waals surface area contributed by atoms with Crippen LogP contribution in [0.25, 0.3) is 17.1 Å². The zero-order valence-corrected chi connectivity index (χ0v) is 9.95. The molecule has 2 heterocycles. The summed E-state index contributed by atoms with van der Waals surface area (Å²) in [7, 11) is 0. The predicted octanol–water partition coefficient (Wildman–Crippen LogP) is 1.20. The lowest BCUT2D eigenvalue weighted by molar-refractivity contribution is 0.806. The van der Waals surface area contributed by atoms with Crippen molar-refractivity contribution in [1.82, 2.24) is 19.7 Å². The standard InChI is InChI=1S/C13H11N5O/c14-11-10(9-5-2-1-3-6-9)12(19)17-18(11)13-15-7-4-8-16-13/h1-8H,14H2,(H,17,19). The quantitative estimate of drug-likeness (QED) is 0.718. The van der Waals surface area contributed by atoms with Crippen molar-refractivity contribution in [2.45, 2.75) is 0 Å². The van der Waals surface area contributed by atoms with Crippen LogP contribution in [0.3, 0.4) is 0 Å². The number of hydrogen-bond acceptors (Lipinski definition) is 4. The summed E-state index contributed by atoms with van der Waals surface area (Å²) in [5.74, 6) is 0.627. The van der Waals surface area contributed by atoms with E-state index in [0.717, 1.165) is 5.56 Å². The Labute approximate surface area is 108 Å². The van der Waals surface area contributed by atoms with Gasteiger partial charge >= 0.3 is 0 Å². The number of nitrogens with two attached hydrogens (primary N) is 1. The van der Waals surface area contributed by atoms with Crippen molar-refractivity contribution in [2.75, 3.05) is 5.73 Å². The number of aromatic nitrogens is 4. The molecule has 3 rings (SSSR count). The van der Waals surface area contributed by atoms with Gasteiger partial charge in [0.25, 0.3) is 11.5 Å². The summed E-state index contributed by atoms with van der Waals surface area (Å²) in [5.41, 5.74) is 6.94. The van der Waals surface area contributed by atoms with Crippen molar-refractivity contribution in [1.29, 1.82) is 0 Å². The van der Waals surface area contributed by atoms with Crippen LogP contribution in [0.5, 0.6) is 0 Å². The highest BCUT2D eigenvalue weighted by Gasteiger charge is 2.15. The van der Waals surface area contributed by atoms with Crippen LogP contribution in [-0.4, -0.2) is 19.7 Å². The van der Waals surface area contributed by atoms with E-state index in [1.54, 1.807) is 18.5 Å². The van der Waals surface area contributed by atoms with Gasteiger partial charge < -0.3 is 5.73 Å². The minimum atomic E-state index is -0.267. The normalized spacial score (nSPS) is 10.5. The molecule has 94 valence electrons. The highest BCUT2D eigenvalue weighted by atomic mass is 16.1. The van der Waals surface area contributed by atoms with Gasteiger partial charge in [0.15, 0.2) is 0 Å². The van der Waals surface area contributed by atoms with E-state index < -0.39 is 0 Å². The fourth-order valence-corrected chi connectivity index (χ4v) is 1.89. The van der Waals surface area contributed by atoms with Gasteiger partial charge in [-0.1, -0.05) is 30.3 Å². The van der Waals surface area contributed by atoms with E-state index in [1.807, 2.05) is 30.3 Å². The second kappa shape index (κ2) is 4.41. The molecule has 6 heteroatoms. The zero-order chi connectivity index (χ0) is 13.2. The number of benzene rings is 1. The fraction of sp³-hybridized carbons (Fsp3) is 0. The first-order valence-corrected chi connectivity index (χ1v) is 5.70. The summed E-state index contributed by atoms with van der Waals surface area (Å²) >= 11 is 0. The third kappa shape index (κ3) is 1.89. The van der Waals surface area contributed by atoms with Gasteiger partial charge in [0.1, 0.15) is 5.82 Å². The van der Waals surface area contributed by atoms with Crippen LogP contribution < -0.4 is 11.3 Å². The Morgan fingerprint density at radius 3 is 2.42 bits per heavy atom. The number of nitrogens with zero attached hydrogens (tertiary/aromatic N) is 3. The lowest BCUT2D eigenvalue weighted by Crippen LogP contribution is -2.08. The third-order valence-electron chi connectivity index (χ3n) is 2.75. The van der Waals surface area contributed by atoms with Crippen LogP contribution >= 0.6 is 0 Å². The minimum absolute atomic E-state index is 0.267. The Bertz CT molecular complexity index is 746. The van der Waals surface area contributed by atoms with Crippen molar-refractivity contribution in [2.24, 2.45) is 0 Å². The van der Waals surface area contributed by atoms with Gasteiger partial charge in [-0.15, -0.1) is 0 Å². The molecule has 0 aliphatic heterocycles. The SMILES string of the molecule is Nc1c(-c2ccccc2)c(=O)[nH]n1-c1ncccn1. The molecular weight excluding hydrogens is 242 g/mol. The molecule has 3 N–H and O–H groups in total. The molecule has 0 unspecified atom stereocenters. The molecule has 3 aromatic rings. The maximum absolute atomic E-state index is 12.0. The molecule has 2 aromatic heterocycles. The lowest BCUT2D eigenvalue weighted by atomic mass is 10.1. The van der Waals surface area contributed by atoms with Gasteiger partial charge in [0.05, 0.1) is 5.56 Å². The Balaban J connectivity index is 2.20. The first kappa shape index (κ1) is 11.2. The average Bonchev–Trinajstić information content (AvgIpc) is 2.76. The topological polar surface area (TPSA) is 89.6 Å². The summed E-state index contributed by atoms with van der Waals surface area (Å²) in [5, 5.41) is 2.64. The molecule has 6 nitrogen and oxygen atoms in total. The van der Waals surface area contributed by atoms with Gasteiger partial charge in [-0.05, 0) is 11.6 Å². The van der Waals surface area contributed by atoms with Crippen molar-refractivity contribution in [3.63, 3.8) is 0 Å². The minimum Gasteiger partial charge on any atom is -0.383 e. The van der Waals surface area contributed by atoms with Gasteiger partial charge in [-0.2, -0.15) is 0 Å². The molecule has 0 saturated heterocycles. The van der Waals surface area contributed by atoms with Crippen LogP contribution in [-0.2, 0) is 0 Å². The predicted molar refractivity (Wildman–Crippen MR) is 71.8 cm³/mol. The van der Waals surface area contributed by atoms with E-state index in [1.165, 1.54) is 4.68 Å². The maximum Gasteiger partial charge on any atom is 0.274 e. The second-order valence-electron chi connectivity index (χ2n) is 3.95. The number of anilines is 1. The Kier molecular flexibility index (Phi) is 2.60. The molecule has 0 aliphatic carbocycles. The monoisotopic (exact) mass is 253 g/mol. The number of nitrogens with one attached hydrogen (secondary N) is 1. The molecule has 0 amide bonds. The van der Waals surface area contributed by atoms with Crippen LogP contribution in [0.15, 0.2) is 53.6 Å². The van der Waals surface area contributed by atoms with Crippen molar-refractivity contribution in [3.05, 3.63) is 59.1 Å². The summed E-state index contributed by atoms with van der Waals surface area (Å²) in [4.78, 5) is 20.1. The average molecular weight is 253 g/mol. The van der Waals surface area contributed by atoms with Gasteiger partial charge in [0, 0.05) is 12.4 Å². The molecule has 0 saturated carbocycles. The van der Waals surface area contributed by atoms with Crippen LogP contribution in [0.1, 0.15) is 0 Å². The summed E-state index contributed by atoms with van der Waals surface area (Å²) in [6.45, 7) is 0. The van der Waals surface area contributed by atoms with Crippen LogP contribution in [0.2, 0.25) is 0 Å². The van der Waals surface area contributed by atoms with Crippen molar-refractivity contribution >= 4 is 5.82 Å². The molecule has 0 fully saturated rings.